The van der Waals surface area contributed by atoms with Crippen LogP contribution in [0.25, 0.3) is 0 Å². The Morgan fingerprint density at radius 3 is 2.48 bits per heavy atom. The monoisotopic (exact) mass is 436 g/mol. The van der Waals surface area contributed by atoms with Crippen molar-refractivity contribution in [1.82, 2.24) is 4.31 Å². The number of hydrogen-bond donors (Lipinski definition) is 1. The molecule has 1 aliphatic rings. The molecule has 0 radical (unpaired) electrons. The molecule has 1 atom stereocenters. The molecule has 29 heavy (non-hydrogen) atoms. The van der Waals surface area contributed by atoms with Crippen LogP contribution in [0.4, 0.5) is 5.69 Å². The summed E-state index contributed by atoms with van der Waals surface area (Å²) in [6, 6.07) is 10.3. The van der Waals surface area contributed by atoms with Crippen LogP contribution >= 0.6 is 11.8 Å². The van der Waals surface area contributed by atoms with Gasteiger partial charge in [0.2, 0.25) is 15.9 Å². The van der Waals surface area contributed by atoms with Gasteiger partial charge in [-0.15, -0.1) is 11.8 Å². The number of ether oxygens (including phenoxy) is 2. The number of carbonyl (C=O) groups is 1. The first-order valence-electron chi connectivity index (χ1n) is 9.09. The van der Waals surface area contributed by atoms with Crippen LogP contribution in [0.3, 0.4) is 0 Å². The van der Waals surface area contributed by atoms with E-state index in [0.29, 0.717) is 30.4 Å². The van der Waals surface area contributed by atoms with E-state index in [1.807, 2.05) is 25.1 Å². The average molecular weight is 437 g/mol. The molecule has 2 aromatic rings. The number of fused-ring (bicyclic) bond motifs is 1. The molecule has 7 nitrogen and oxygen atoms in total. The van der Waals surface area contributed by atoms with E-state index in [0.717, 1.165) is 14.8 Å². The lowest BCUT2D eigenvalue weighted by molar-refractivity contribution is -0.115. The fourth-order valence-electron chi connectivity index (χ4n) is 2.70. The van der Waals surface area contributed by atoms with E-state index < -0.39 is 15.3 Å². The summed E-state index contributed by atoms with van der Waals surface area (Å²) < 4.78 is 37.0. The van der Waals surface area contributed by atoms with Gasteiger partial charge in [-0.1, -0.05) is 6.07 Å². The second-order valence-corrected chi connectivity index (χ2v) is 10.4. The van der Waals surface area contributed by atoms with Crippen LogP contribution in [0.2, 0.25) is 0 Å². The van der Waals surface area contributed by atoms with E-state index in [9.17, 15) is 13.2 Å². The van der Waals surface area contributed by atoms with E-state index in [1.165, 1.54) is 38.0 Å². The number of thioether (sulfide) groups is 1. The lowest BCUT2D eigenvalue weighted by Crippen LogP contribution is -2.24. The van der Waals surface area contributed by atoms with Gasteiger partial charge in [-0.05, 0) is 49.7 Å². The van der Waals surface area contributed by atoms with Crippen LogP contribution < -0.4 is 14.8 Å². The Hall–Kier alpha value is -2.23. The summed E-state index contributed by atoms with van der Waals surface area (Å²) in [6.45, 7) is 4.65. The number of nitrogens with zero attached hydrogens (tertiary/aromatic N) is 1. The number of rotatable bonds is 6. The van der Waals surface area contributed by atoms with Crippen molar-refractivity contribution in [1.29, 1.82) is 0 Å². The number of anilines is 1. The molecule has 1 aliphatic heterocycles. The van der Waals surface area contributed by atoms with Gasteiger partial charge in [0.1, 0.15) is 13.2 Å². The zero-order chi connectivity index (χ0) is 21.2. The third-order valence-corrected chi connectivity index (χ3v) is 7.35. The Balaban J connectivity index is 1.73. The maximum Gasteiger partial charge on any atom is 0.242 e. The normalized spacial score (nSPS) is 14.5. The van der Waals surface area contributed by atoms with Crippen molar-refractivity contribution in [3.8, 4) is 11.5 Å². The highest BCUT2D eigenvalue weighted by atomic mass is 32.2. The molecule has 0 fully saturated rings. The first-order chi connectivity index (χ1) is 13.7. The molecule has 156 valence electrons. The molecule has 0 aromatic heterocycles. The van der Waals surface area contributed by atoms with Crippen LogP contribution in [0.15, 0.2) is 46.2 Å². The van der Waals surface area contributed by atoms with Crippen molar-refractivity contribution in [2.45, 2.75) is 28.9 Å². The predicted molar refractivity (Wildman–Crippen MR) is 113 cm³/mol. The molecule has 1 N–H and O–H groups in total. The average Bonchev–Trinajstić information content (AvgIpc) is 2.69. The standard InChI is InChI=1S/C20H24N2O5S2/c1-13-5-7-16(29(24,25)22(3)4)12-17(13)21-20(23)14(2)28-15-6-8-18-19(11-15)27-10-9-26-18/h5-8,11-12,14H,9-10H2,1-4H3,(H,21,23). The Bertz CT molecular complexity index is 1020. The maximum absolute atomic E-state index is 12.7. The predicted octanol–water partition coefficient (Wildman–Crippen LogP) is 3.14. The summed E-state index contributed by atoms with van der Waals surface area (Å²) in [7, 11) is -0.635. The minimum atomic E-state index is -3.58. The van der Waals surface area contributed by atoms with Crippen molar-refractivity contribution < 1.29 is 22.7 Å². The van der Waals surface area contributed by atoms with Crippen molar-refractivity contribution in [2.24, 2.45) is 0 Å². The molecule has 1 heterocycles. The molecule has 0 saturated heterocycles. The molecular weight excluding hydrogens is 412 g/mol. The fraction of sp³-hybridized carbons (Fsp3) is 0.350. The lowest BCUT2D eigenvalue weighted by atomic mass is 10.2. The molecule has 2 aromatic carbocycles. The van der Waals surface area contributed by atoms with E-state index in [-0.39, 0.29) is 10.8 Å². The van der Waals surface area contributed by atoms with Crippen LogP contribution in [0.5, 0.6) is 11.5 Å². The van der Waals surface area contributed by atoms with Crippen molar-refractivity contribution in [3.05, 3.63) is 42.0 Å². The molecule has 9 heteroatoms. The van der Waals surface area contributed by atoms with Crippen LogP contribution in [0, 0.1) is 6.92 Å². The summed E-state index contributed by atoms with van der Waals surface area (Å²) in [4.78, 5) is 13.7. The van der Waals surface area contributed by atoms with Crippen molar-refractivity contribution in [2.75, 3.05) is 32.6 Å². The van der Waals surface area contributed by atoms with Gasteiger partial charge in [0.05, 0.1) is 10.1 Å². The molecule has 3 rings (SSSR count). The molecule has 0 saturated carbocycles. The van der Waals surface area contributed by atoms with Crippen LogP contribution in [-0.4, -0.2) is 51.2 Å². The first-order valence-corrected chi connectivity index (χ1v) is 11.4. The third-order valence-electron chi connectivity index (χ3n) is 4.44. The second-order valence-electron chi connectivity index (χ2n) is 6.82. The Morgan fingerprint density at radius 2 is 1.79 bits per heavy atom. The quantitative estimate of drug-likeness (QED) is 0.701. The Morgan fingerprint density at radius 1 is 1.10 bits per heavy atom. The summed E-state index contributed by atoms with van der Waals surface area (Å²) in [6.07, 6.45) is 0. The highest BCUT2D eigenvalue weighted by Crippen LogP contribution is 2.35. The zero-order valence-electron chi connectivity index (χ0n) is 16.8. The largest absolute Gasteiger partial charge is 0.486 e. The summed E-state index contributed by atoms with van der Waals surface area (Å²) in [5.41, 5.74) is 1.26. The zero-order valence-corrected chi connectivity index (χ0v) is 18.4. The lowest BCUT2D eigenvalue weighted by Gasteiger charge is -2.19. The maximum atomic E-state index is 12.7. The van der Waals surface area contributed by atoms with Crippen LogP contribution in [-0.2, 0) is 14.8 Å². The molecule has 1 amide bonds. The number of hydrogen-bond acceptors (Lipinski definition) is 6. The van der Waals surface area contributed by atoms with Gasteiger partial charge in [0, 0.05) is 24.7 Å². The molecule has 1 unspecified atom stereocenters. The number of nitrogens with one attached hydrogen (secondary N) is 1. The van der Waals surface area contributed by atoms with E-state index in [1.54, 1.807) is 13.0 Å². The minimum absolute atomic E-state index is 0.135. The van der Waals surface area contributed by atoms with E-state index >= 15 is 0 Å². The number of sulfonamides is 1. The van der Waals surface area contributed by atoms with Crippen molar-refractivity contribution in [3.63, 3.8) is 0 Å². The van der Waals surface area contributed by atoms with Gasteiger partial charge in [-0.25, -0.2) is 12.7 Å². The Labute approximate surface area is 175 Å². The number of amides is 1. The molecule has 0 aliphatic carbocycles. The van der Waals surface area contributed by atoms with Gasteiger partial charge in [0.15, 0.2) is 11.5 Å². The highest BCUT2D eigenvalue weighted by Gasteiger charge is 2.21. The van der Waals surface area contributed by atoms with E-state index in [2.05, 4.69) is 5.32 Å². The van der Waals surface area contributed by atoms with Gasteiger partial charge < -0.3 is 14.8 Å². The first kappa shape index (κ1) is 21.5. The van der Waals surface area contributed by atoms with Gasteiger partial charge >= 0.3 is 0 Å². The van der Waals surface area contributed by atoms with Gasteiger partial charge in [0.25, 0.3) is 0 Å². The summed E-state index contributed by atoms with van der Waals surface area (Å²) in [5, 5.41) is 2.45. The third kappa shape index (κ3) is 4.85. The number of carbonyl (C=O) groups excluding carboxylic acids is 1. The molecule has 0 spiro atoms. The summed E-state index contributed by atoms with van der Waals surface area (Å²) in [5.74, 6) is 1.16. The van der Waals surface area contributed by atoms with Gasteiger partial charge in [-0.3, -0.25) is 4.79 Å². The number of benzene rings is 2. The SMILES string of the molecule is Cc1ccc(S(=O)(=O)N(C)C)cc1NC(=O)C(C)Sc1ccc2c(c1)OCCO2. The van der Waals surface area contributed by atoms with Crippen molar-refractivity contribution >= 4 is 33.4 Å². The summed E-state index contributed by atoms with van der Waals surface area (Å²) >= 11 is 1.39. The minimum Gasteiger partial charge on any atom is -0.486 e. The number of aryl methyl sites for hydroxylation is 1. The topological polar surface area (TPSA) is 84.9 Å². The van der Waals surface area contributed by atoms with E-state index in [4.69, 9.17) is 9.47 Å². The Kier molecular flexibility index (Phi) is 6.40. The van der Waals surface area contributed by atoms with Gasteiger partial charge in [-0.2, -0.15) is 0 Å². The fourth-order valence-corrected chi connectivity index (χ4v) is 4.52. The van der Waals surface area contributed by atoms with Crippen LogP contribution in [0.1, 0.15) is 12.5 Å². The smallest absolute Gasteiger partial charge is 0.242 e. The highest BCUT2D eigenvalue weighted by molar-refractivity contribution is 8.00. The molecular formula is C20H24N2O5S2. The molecule has 0 bridgehead atoms. The second kappa shape index (κ2) is 8.64.